The SMILES string of the molecule is C[C@@H]1COCCN1c1cc(C2(C#N)CCNC2)c2cnn(C(N)=CC=N)c2n1. The predicted octanol–water partition coefficient (Wildman–Crippen LogP) is 0.818. The zero-order valence-electron chi connectivity index (χ0n) is 15.9. The van der Waals surface area contributed by atoms with Crippen molar-refractivity contribution in [2.75, 3.05) is 37.7 Å². The van der Waals surface area contributed by atoms with Gasteiger partial charge in [-0.15, -0.1) is 0 Å². The number of hydrogen-bond donors (Lipinski definition) is 3. The molecule has 1 unspecified atom stereocenters. The van der Waals surface area contributed by atoms with Crippen molar-refractivity contribution in [1.82, 2.24) is 20.1 Å². The minimum atomic E-state index is -0.626. The number of nitrogens with one attached hydrogen (secondary N) is 2. The summed E-state index contributed by atoms with van der Waals surface area (Å²) in [6.07, 6.45) is 5.04. The largest absolute Gasteiger partial charge is 0.384 e. The molecule has 2 aliphatic rings. The van der Waals surface area contributed by atoms with Gasteiger partial charge in [0.05, 0.1) is 36.9 Å². The Morgan fingerprint density at radius 3 is 3.11 bits per heavy atom. The summed E-state index contributed by atoms with van der Waals surface area (Å²) in [6, 6.07) is 4.75. The third-order valence-electron chi connectivity index (χ3n) is 5.57. The van der Waals surface area contributed by atoms with Crippen LogP contribution in [0.3, 0.4) is 0 Å². The van der Waals surface area contributed by atoms with E-state index in [1.165, 1.54) is 10.8 Å². The summed E-state index contributed by atoms with van der Waals surface area (Å²) in [4.78, 5) is 7.06. The van der Waals surface area contributed by atoms with Crippen LogP contribution in [0.4, 0.5) is 5.82 Å². The molecule has 2 aromatic rings. The summed E-state index contributed by atoms with van der Waals surface area (Å²) in [5.41, 5.74) is 7.00. The Balaban J connectivity index is 1.95. The second-order valence-corrected chi connectivity index (χ2v) is 7.32. The Bertz CT molecular complexity index is 966. The molecule has 0 spiro atoms. The van der Waals surface area contributed by atoms with Crippen molar-refractivity contribution >= 4 is 28.9 Å². The van der Waals surface area contributed by atoms with Gasteiger partial charge in [0.1, 0.15) is 11.6 Å². The van der Waals surface area contributed by atoms with Crippen molar-refractivity contribution in [2.24, 2.45) is 5.73 Å². The number of anilines is 1. The molecular weight excluding hydrogens is 356 g/mol. The molecule has 4 heterocycles. The van der Waals surface area contributed by atoms with E-state index >= 15 is 0 Å². The highest BCUT2D eigenvalue weighted by atomic mass is 16.5. The van der Waals surface area contributed by atoms with E-state index in [9.17, 15) is 5.26 Å². The second-order valence-electron chi connectivity index (χ2n) is 7.32. The first-order valence-electron chi connectivity index (χ1n) is 9.42. The molecule has 2 fully saturated rings. The van der Waals surface area contributed by atoms with Crippen LogP contribution in [0, 0.1) is 16.7 Å². The van der Waals surface area contributed by atoms with Crippen LogP contribution in [-0.2, 0) is 10.2 Å². The number of allylic oxidation sites excluding steroid dienone is 1. The second kappa shape index (κ2) is 7.22. The molecule has 0 bridgehead atoms. The summed E-state index contributed by atoms with van der Waals surface area (Å²) >= 11 is 0. The van der Waals surface area contributed by atoms with Gasteiger partial charge in [-0.05, 0) is 37.6 Å². The van der Waals surface area contributed by atoms with Gasteiger partial charge in [-0.25, -0.2) is 4.98 Å². The Hall–Kier alpha value is -2.96. The van der Waals surface area contributed by atoms with Crippen LogP contribution >= 0.6 is 0 Å². The third-order valence-corrected chi connectivity index (χ3v) is 5.57. The average Bonchev–Trinajstić information content (AvgIpc) is 3.35. The lowest BCUT2D eigenvalue weighted by atomic mass is 9.80. The third kappa shape index (κ3) is 2.91. The van der Waals surface area contributed by atoms with Gasteiger partial charge in [0.2, 0.25) is 0 Å². The number of morpholine rings is 1. The molecule has 146 valence electrons. The lowest BCUT2D eigenvalue weighted by Gasteiger charge is -2.35. The number of nitrogens with two attached hydrogens (primary N) is 1. The quantitative estimate of drug-likeness (QED) is 0.670. The van der Waals surface area contributed by atoms with Gasteiger partial charge in [0.15, 0.2) is 5.65 Å². The number of nitrogens with zero attached hydrogens (tertiary/aromatic N) is 5. The van der Waals surface area contributed by atoms with E-state index in [1.807, 2.05) is 6.07 Å². The highest BCUT2D eigenvalue weighted by molar-refractivity contribution is 5.87. The lowest BCUT2D eigenvalue weighted by Crippen LogP contribution is -2.44. The maximum atomic E-state index is 10.0. The van der Waals surface area contributed by atoms with Crippen LogP contribution in [0.25, 0.3) is 16.9 Å². The van der Waals surface area contributed by atoms with E-state index in [2.05, 4.69) is 28.3 Å². The molecule has 28 heavy (non-hydrogen) atoms. The number of nitriles is 1. The number of rotatable bonds is 4. The van der Waals surface area contributed by atoms with Gasteiger partial charge < -0.3 is 26.1 Å². The summed E-state index contributed by atoms with van der Waals surface area (Å²) in [5, 5.41) is 25.9. The number of hydrogen-bond acceptors (Lipinski definition) is 8. The molecule has 0 aromatic carbocycles. The standard InChI is InChI=1S/C19H24N8O/c1-13-10-28-7-6-26(13)17-8-15(19(11-21)3-5-23-12-19)14-9-24-27(18(14)25-17)16(22)2-4-20/h2,4,8-9,13,20,23H,3,5-7,10,12,22H2,1H3/t13-,19?/m1/s1. The zero-order valence-corrected chi connectivity index (χ0v) is 15.9. The summed E-state index contributed by atoms with van der Waals surface area (Å²) in [6.45, 7) is 5.50. The minimum absolute atomic E-state index is 0.178. The topological polar surface area (TPSA) is 129 Å². The molecule has 2 atom stereocenters. The first kappa shape index (κ1) is 18.4. The maximum Gasteiger partial charge on any atom is 0.167 e. The van der Waals surface area contributed by atoms with E-state index in [-0.39, 0.29) is 6.04 Å². The smallest absolute Gasteiger partial charge is 0.167 e. The number of fused-ring (bicyclic) bond motifs is 1. The molecule has 0 aliphatic carbocycles. The molecular formula is C19H24N8O. The molecule has 9 heteroatoms. The number of aromatic nitrogens is 3. The zero-order chi connectivity index (χ0) is 19.7. The highest BCUT2D eigenvalue weighted by Gasteiger charge is 2.39. The molecule has 2 aromatic heterocycles. The lowest BCUT2D eigenvalue weighted by molar-refractivity contribution is 0.0985. The van der Waals surface area contributed by atoms with Gasteiger partial charge in [-0.1, -0.05) is 0 Å². The number of pyridine rings is 1. The van der Waals surface area contributed by atoms with Crippen LogP contribution in [0.1, 0.15) is 18.9 Å². The van der Waals surface area contributed by atoms with Crippen molar-refractivity contribution in [3.63, 3.8) is 0 Å². The van der Waals surface area contributed by atoms with Gasteiger partial charge in [0, 0.05) is 24.7 Å². The fraction of sp³-hybridized carbons (Fsp3) is 0.474. The van der Waals surface area contributed by atoms with Crippen LogP contribution in [0.2, 0.25) is 0 Å². The number of ether oxygens (including phenoxy) is 1. The van der Waals surface area contributed by atoms with Crippen LogP contribution in [0.15, 0.2) is 18.3 Å². The first-order valence-corrected chi connectivity index (χ1v) is 9.42. The van der Waals surface area contributed by atoms with E-state index in [4.69, 9.17) is 20.9 Å². The van der Waals surface area contributed by atoms with Crippen molar-refractivity contribution in [2.45, 2.75) is 24.8 Å². The van der Waals surface area contributed by atoms with Gasteiger partial charge in [0.25, 0.3) is 0 Å². The predicted molar refractivity (Wildman–Crippen MR) is 107 cm³/mol. The molecule has 9 nitrogen and oxygen atoms in total. The molecule has 4 N–H and O–H groups in total. The van der Waals surface area contributed by atoms with E-state index in [0.29, 0.717) is 31.2 Å². The molecule has 0 amide bonds. The molecule has 0 radical (unpaired) electrons. The van der Waals surface area contributed by atoms with E-state index in [1.54, 1.807) is 6.20 Å². The molecule has 4 rings (SSSR count). The Labute approximate surface area is 163 Å². The van der Waals surface area contributed by atoms with Crippen molar-refractivity contribution in [3.8, 4) is 6.07 Å². The van der Waals surface area contributed by atoms with Crippen LogP contribution in [0.5, 0.6) is 0 Å². The fourth-order valence-corrected chi connectivity index (χ4v) is 4.02. The highest BCUT2D eigenvalue weighted by Crippen LogP contribution is 2.37. The first-order chi connectivity index (χ1) is 13.6. The van der Waals surface area contributed by atoms with Crippen molar-refractivity contribution in [1.29, 1.82) is 10.7 Å². The summed E-state index contributed by atoms with van der Waals surface area (Å²) in [5.74, 6) is 1.11. The normalized spacial score (nSPS) is 25.8. The fourth-order valence-electron chi connectivity index (χ4n) is 4.02. The van der Waals surface area contributed by atoms with Gasteiger partial charge in [-0.2, -0.15) is 15.0 Å². The summed E-state index contributed by atoms with van der Waals surface area (Å²) < 4.78 is 7.10. The Morgan fingerprint density at radius 2 is 2.43 bits per heavy atom. The Kier molecular flexibility index (Phi) is 4.75. The Morgan fingerprint density at radius 1 is 1.57 bits per heavy atom. The van der Waals surface area contributed by atoms with E-state index in [0.717, 1.165) is 42.5 Å². The van der Waals surface area contributed by atoms with Crippen LogP contribution in [-0.4, -0.2) is 59.9 Å². The average molecular weight is 380 g/mol. The molecule has 0 saturated carbocycles. The van der Waals surface area contributed by atoms with Crippen LogP contribution < -0.4 is 16.0 Å². The summed E-state index contributed by atoms with van der Waals surface area (Å²) in [7, 11) is 0. The maximum absolute atomic E-state index is 10.0. The minimum Gasteiger partial charge on any atom is -0.384 e. The van der Waals surface area contributed by atoms with E-state index < -0.39 is 5.41 Å². The van der Waals surface area contributed by atoms with Gasteiger partial charge >= 0.3 is 0 Å². The molecule has 2 aliphatic heterocycles. The van der Waals surface area contributed by atoms with Crippen molar-refractivity contribution < 1.29 is 4.74 Å². The molecule has 2 saturated heterocycles. The van der Waals surface area contributed by atoms with Crippen molar-refractivity contribution in [3.05, 3.63) is 23.9 Å². The monoisotopic (exact) mass is 380 g/mol. The van der Waals surface area contributed by atoms with Gasteiger partial charge in [-0.3, -0.25) is 0 Å².